The summed E-state index contributed by atoms with van der Waals surface area (Å²) in [7, 11) is 0. The number of hydrogen-bond donors (Lipinski definition) is 0. The number of likely N-dealkylation sites (tertiary alicyclic amines) is 1. The second-order valence-corrected chi connectivity index (χ2v) is 7.05. The summed E-state index contributed by atoms with van der Waals surface area (Å²) in [4.78, 5) is 17.3. The van der Waals surface area contributed by atoms with E-state index in [9.17, 15) is 4.39 Å². The summed E-state index contributed by atoms with van der Waals surface area (Å²) in [6.45, 7) is 5.09. The molecule has 5 nitrogen and oxygen atoms in total. The molecular formula is C18H22FN5. The zero-order valence-electron chi connectivity index (χ0n) is 13.7. The van der Waals surface area contributed by atoms with E-state index in [1.54, 1.807) is 0 Å². The van der Waals surface area contributed by atoms with Crippen LogP contribution in [0.2, 0.25) is 0 Å². The third-order valence-corrected chi connectivity index (χ3v) is 5.20. The molecule has 2 aromatic rings. The van der Waals surface area contributed by atoms with E-state index in [-0.39, 0.29) is 5.82 Å². The molecule has 24 heavy (non-hydrogen) atoms. The Bertz CT molecular complexity index is 678. The second-order valence-electron chi connectivity index (χ2n) is 7.05. The molecule has 2 aliphatic rings. The fraction of sp³-hybridized carbons (Fsp3) is 0.500. The first-order valence-electron chi connectivity index (χ1n) is 8.56. The zero-order chi connectivity index (χ0) is 16.4. The summed E-state index contributed by atoms with van der Waals surface area (Å²) in [6, 6.07) is 4.13. The highest BCUT2D eigenvalue weighted by molar-refractivity contribution is 5.30. The van der Waals surface area contributed by atoms with Gasteiger partial charge in [0.2, 0.25) is 5.95 Å². The molecule has 0 aromatic carbocycles. The third kappa shape index (κ3) is 3.24. The molecule has 1 spiro atoms. The average Bonchev–Trinajstić information content (AvgIpc) is 2.98. The molecule has 126 valence electrons. The van der Waals surface area contributed by atoms with E-state index in [1.807, 2.05) is 18.5 Å². The highest BCUT2D eigenvalue weighted by atomic mass is 19.1. The van der Waals surface area contributed by atoms with Crippen LogP contribution in [0.15, 0.2) is 36.9 Å². The molecule has 0 amide bonds. The van der Waals surface area contributed by atoms with E-state index in [4.69, 9.17) is 0 Å². The summed E-state index contributed by atoms with van der Waals surface area (Å²) in [5.41, 5.74) is 1.57. The number of piperidine rings is 1. The van der Waals surface area contributed by atoms with Gasteiger partial charge in [-0.05, 0) is 37.4 Å². The fourth-order valence-corrected chi connectivity index (χ4v) is 4.09. The van der Waals surface area contributed by atoms with E-state index in [2.05, 4.69) is 30.8 Å². The molecule has 4 heterocycles. The molecule has 0 radical (unpaired) electrons. The molecular weight excluding hydrogens is 305 g/mol. The van der Waals surface area contributed by atoms with Gasteiger partial charge in [0.25, 0.3) is 0 Å². The minimum atomic E-state index is -0.381. The summed E-state index contributed by atoms with van der Waals surface area (Å²) in [5.74, 6) is 0.273. The van der Waals surface area contributed by atoms with Gasteiger partial charge in [-0.15, -0.1) is 0 Å². The van der Waals surface area contributed by atoms with Crippen LogP contribution >= 0.6 is 0 Å². The Balaban J connectivity index is 1.43. The quantitative estimate of drug-likeness (QED) is 0.867. The van der Waals surface area contributed by atoms with Crippen molar-refractivity contribution in [3.05, 3.63) is 48.3 Å². The number of nitrogens with zero attached hydrogens (tertiary/aromatic N) is 5. The third-order valence-electron chi connectivity index (χ3n) is 5.20. The van der Waals surface area contributed by atoms with Crippen LogP contribution in [0, 0.1) is 11.2 Å². The highest BCUT2D eigenvalue weighted by Gasteiger charge is 2.41. The van der Waals surface area contributed by atoms with Gasteiger partial charge >= 0.3 is 0 Å². The minimum Gasteiger partial charge on any atom is -0.340 e. The number of rotatable bonds is 3. The van der Waals surface area contributed by atoms with E-state index < -0.39 is 0 Å². The highest BCUT2D eigenvalue weighted by Crippen LogP contribution is 2.40. The predicted molar refractivity (Wildman–Crippen MR) is 90.0 cm³/mol. The Labute approximate surface area is 141 Å². The first kappa shape index (κ1) is 15.4. The SMILES string of the molecule is Fc1cnc(N2CCC[C@@]3(CCN(Cc4cccnc4)C3)C2)nc1. The van der Waals surface area contributed by atoms with Crippen molar-refractivity contribution in [2.24, 2.45) is 5.41 Å². The number of aromatic nitrogens is 3. The first-order valence-corrected chi connectivity index (χ1v) is 8.56. The first-order chi connectivity index (χ1) is 11.7. The van der Waals surface area contributed by atoms with Crippen LogP contribution in [0.4, 0.5) is 10.3 Å². The van der Waals surface area contributed by atoms with Crippen molar-refractivity contribution in [2.45, 2.75) is 25.8 Å². The van der Waals surface area contributed by atoms with Crippen LogP contribution in [0.25, 0.3) is 0 Å². The van der Waals surface area contributed by atoms with Gasteiger partial charge in [-0.1, -0.05) is 6.07 Å². The summed E-state index contributed by atoms with van der Waals surface area (Å²) in [5, 5.41) is 0. The second kappa shape index (κ2) is 6.43. The lowest BCUT2D eigenvalue weighted by Crippen LogP contribution is -2.45. The molecule has 0 N–H and O–H groups in total. The van der Waals surface area contributed by atoms with Crippen LogP contribution in [0.3, 0.4) is 0 Å². The Morgan fingerprint density at radius 3 is 2.75 bits per heavy atom. The molecule has 1 atom stereocenters. The monoisotopic (exact) mass is 327 g/mol. The summed E-state index contributed by atoms with van der Waals surface area (Å²) in [6.07, 6.45) is 9.86. The maximum Gasteiger partial charge on any atom is 0.225 e. The average molecular weight is 327 g/mol. The maximum absolute atomic E-state index is 13.1. The van der Waals surface area contributed by atoms with Gasteiger partial charge in [0.1, 0.15) is 0 Å². The predicted octanol–water partition coefficient (Wildman–Crippen LogP) is 2.50. The van der Waals surface area contributed by atoms with Gasteiger partial charge < -0.3 is 4.90 Å². The van der Waals surface area contributed by atoms with E-state index in [0.717, 1.165) is 39.1 Å². The number of halogens is 1. The van der Waals surface area contributed by atoms with Crippen molar-refractivity contribution in [1.29, 1.82) is 0 Å². The molecule has 2 saturated heterocycles. The van der Waals surface area contributed by atoms with Crippen molar-refractivity contribution >= 4 is 5.95 Å². The molecule has 2 aromatic heterocycles. The lowest BCUT2D eigenvalue weighted by atomic mass is 9.79. The molecule has 0 bridgehead atoms. The van der Waals surface area contributed by atoms with Crippen molar-refractivity contribution in [1.82, 2.24) is 19.9 Å². The molecule has 4 rings (SSSR count). The fourth-order valence-electron chi connectivity index (χ4n) is 4.09. The number of hydrogen-bond acceptors (Lipinski definition) is 5. The summed E-state index contributed by atoms with van der Waals surface area (Å²) < 4.78 is 13.1. The number of pyridine rings is 1. The van der Waals surface area contributed by atoms with E-state index in [1.165, 1.54) is 30.8 Å². The van der Waals surface area contributed by atoms with Crippen molar-refractivity contribution in [3.8, 4) is 0 Å². The van der Waals surface area contributed by atoms with E-state index >= 15 is 0 Å². The maximum atomic E-state index is 13.1. The lowest BCUT2D eigenvalue weighted by molar-refractivity contribution is 0.215. The topological polar surface area (TPSA) is 45.2 Å². The van der Waals surface area contributed by atoms with Gasteiger partial charge in [-0.2, -0.15) is 0 Å². The van der Waals surface area contributed by atoms with Crippen LogP contribution < -0.4 is 4.90 Å². The molecule has 6 heteroatoms. The smallest absolute Gasteiger partial charge is 0.225 e. The molecule has 0 unspecified atom stereocenters. The van der Waals surface area contributed by atoms with Crippen molar-refractivity contribution in [2.75, 3.05) is 31.1 Å². The summed E-state index contributed by atoms with van der Waals surface area (Å²) >= 11 is 0. The van der Waals surface area contributed by atoms with Gasteiger partial charge in [-0.3, -0.25) is 9.88 Å². The van der Waals surface area contributed by atoms with Crippen molar-refractivity contribution in [3.63, 3.8) is 0 Å². The van der Waals surface area contributed by atoms with Gasteiger partial charge in [0.15, 0.2) is 5.82 Å². The van der Waals surface area contributed by atoms with Crippen molar-refractivity contribution < 1.29 is 4.39 Å². The standard InChI is InChI=1S/C18H22FN5/c19-16-10-21-17(22-11-16)24-7-2-4-18(14-24)5-8-23(13-18)12-15-3-1-6-20-9-15/h1,3,6,9-11H,2,4-5,7-8,12-14H2/t18-/m0/s1. The van der Waals surface area contributed by atoms with Crippen LogP contribution in [-0.2, 0) is 6.54 Å². The van der Waals surface area contributed by atoms with Gasteiger partial charge in [-0.25, -0.2) is 14.4 Å². The largest absolute Gasteiger partial charge is 0.340 e. The Morgan fingerprint density at radius 2 is 1.96 bits per heavy atom. The Kier molecular flexibility index (Phi) is 4.14. The minimum absolute atomic E-state index is 0.304. The lowest BCUT2D eigenvalue weighted by Gasteiger charge is -2.40. The molecule has 0 saturated carbocycles. The van der Waals surface area contributed by atoms with Gasteiger partial charge in [0.05, 0.1) is 12.4 Å². The van der Waals surface area contributed by atoms with E-state index in [0.29, 0.717) is 11.4 Å². The molecule has 0 aliphatic carbocycles. The molecule has 2 aliphatic heterocycles. The van der Waals surface area contributed by atoms with Crippen LogP contribution in [-0.4, -0.2) is 46.0 Å². The Morgan fingerprint density at radius 1 is 1.08 bits per heavy atom. The number of anilines is 1. The van der Waals surface area contributed by atoms with Gasteiger partial charge in [0, 0.05) is 44.0 Å². The normalized spacial score (nSPS) is 24.6. The van der Waals surface area contributed by atoms with Crippen LogP contribution in [0.1, 0.15) is 24.8 Å². The zero-order valence-corrected chi connectivity index (χ0v) is 13.7. The Hall–Kier alpha value is -2.08. The van der Waals surface area contributed by atoms with Crippen LogP contribution in [0.5, 0.6) is 0 Å². The molecule has 2 fully saturated rings.